The van der Waals surface area contributed by atoms with E-state index in [1.54, 1.807) is 6.20 Å². The maximum Gasteiger partial charge on any atom is 0.106 e. The van der Waals surface area contributed by atoms with E-state index in [9.17, 15) is 0 Å². The number of thiocarbonyl (C=S) groups is 1. The average Bonchev–Trinajstić information content (AvgIpc) is 2.39. The lowest BCUT2D eigenvalue weighted by Crippen LogP contribution is -2.47. The lowest BCUT2D eigenvalue weighted by molar-refractivity contribution is 0.231. The standard InChI is InChI=1S/C14H22N4S/c1-11(2)10-17-5-7-18(8-6-17)13-9-16-4-3-12(13)14(15)19/h3-4,9,11H,5-8,10H2,1-2H3,(H2,15,19). The third-order valence-corrected chi connectivity index (χ3v) is 3.62. The van der Waals surface area contributed by atoms with Crippen LogP contribution >= 0.6 is 12.2 Å². The molecule has 1 aliphatic rings. The SMILES string of the molecule is CC(C)CN1CCN(c2cnccc2C(N)=S)CC1. The zero-order valence-electron chi connectivity index (χ0n) is 11.7. The molecule has 2 N–H and O–H groups in total. The number of nitrogens with zero attached hydrogens (tertiary/aromatic N) is 3. The minimum atomic E-state index is 0.446. The molecule has 0 aromatic carbocycles. The Morgan fingerprint density at radius 3 is 2.63 bits per heavy atom. The number of aromatic nitrogens is 1. The number of piperazine rings is 1. The first-order valence-corrected chi connectivity index (χ1v) is 7.20. The summed E-state index contributed by atoms with van der Waals surface area (Å²) >= 11 is 5.11. The lowest BCUT2D eigenvalue weighted by atomic mass is 10.1. The first-order chi connectivity index (χ1) is 9.08. The summed E-state index contributed by atoms with van der Waals surface area (Å²) in [6.45, 7) is 9.88. The van der Waals surface area contributed by atoms with Gasteiger partial charge in [-0.3, -0.25) is 9.88 Å². The second kappa shape index (κ2) is 6.30. The third kappa shape index (κ3) is 3.64. The molecule has 2 rings (SSSR count). The number of nitrogens with two attached hydrogens (primary N) is 1. The highest BCUT2D eigenvalue weighted by Gasteiger charge is 2.20. The summed E-state index contributed by atoms with van der Waals surface area (Å²) in [5.41, 5.74) is 7.78. The van der Waals surface area contributed by atoms with Gasteiger partial charge in [0.2, 0.25) is 0 Å². The summed E-state index contributed by atoms with van der Waals surface area (Å²) in [5.74, 6) is 0.720. The summed E-state index contributed by atoms with van der Waals surface area (Å²) in [6, 6.07) is 1.90. The molecule has 0 saturated carbocycles. The van der Waals surface area contributed by atoms with Gasteiger partial charge in [0.1, 0.15) is 4.99 Å². The quantitative estimate of drug-likeness (QED) is 0.846. The van der Waals surface area contributed by atoms with Crippen LogP contribution < -0.4 is 10.6 Å². The van der Waals surface area contributed by atoms with Crippen LogP contribution in [0.15, 0.2) is 18.5 Å². The average molecular weight is 278 g/mol. The van der Waals surface area contributed by atoms with Crippen LogP contribution in [-0.2, 0) is 0 Å². The van der Waals surface area contributed by atoms with Crippen molar-refractivity contribution in [1.29, 1.82) is 0 Å². The van der Waals surface area contributed by atoms with E-state index >= 15 is 0 Å². The second-order valence-corrected chi connectivity index (χ2v) is 5.88. The van der Waals surface area contributed by atoms with Gasteiger partial charge in [-0.2, -0.15) is 0 Å². The molecule has 2 heterocycles. The van der Waals surface area contributed by atoms with Crippen LogP contribution in [0.4, 0.5) is 5.69 Å². The van der Waals surface area contributed by atoms with Crippen molar-refractivity contribution in [3.63, 3.8) is 0 Å². The van der Waals surface area contributed by atoms with Crippen molar-refractivity contribution >= 4 is 22.9 Å². The van der Waals surface area contributed by atoms with Gasteiger partial charge in [0.15, 0.2) is 0 Å². The summed E-state index contributed by atoms with van der Waals surface area (Å²) in [6.07, 6.45) is 3.61. The first-order valence-electron chi connectivity index (χ1n) is 6.79. The Hall–Kier alpha value is -1.20. The fourth-order valence-corrected chi connectivity index (χ4v) is 2.71. The molecule has 5 heteroatoms. The molecule has 1 aromatic heterocycles. The van der Waals surface area contributed by atoms with E-state index in [1.807, 2.05) is 12.3 Å². The minimum absolute atomic E-state index is 0.446. The van der Waals surface area contributed by atoms with Crippen LogP contribution in [0.2, 0.25) is 0 Å². The van der Waals surface area contributed by atoms with E-state index in [0.29, 0.717) is 4.99 Å². The van der Waals surface area contributed by atoms with E-state index in [1.165, 1.54) is 6.54 Å². The van der Waals surface area contributed by atoms with Crippen molar-refractivity contribution in [3.05, 3.63) is 24.0 Å². The van der Waals surface area contributed by atoms with Crippen LogP contribution in [0.5, 0.6) is 0 Å². The van der Waals surface area contributed by atoms with Gasteiger partial charge < -0.3 is 10.6 Å². The van der Waals surface area contributed by atoms with Crippen molar-refractivity contribution in [1.82, 2.24) is 9.88 Å². The van der Waals surface area contributed by atoms with Crippen LogP contribution in [-0.4, -0.2) is 47.6 Å². The Morgan fingerprint density at radius 1 is 1.37 bits per heavy atom. The molecule has 1 saturated heterocycles. The molecule has 0 aliphatic carbocycles. The summed E-state index contributed by atoms with van der Waals surface area (Å²) in [4.78, 5) is 9.49. The minimum Gasteiger partial charge on any atom is -0.389 e. The molecule has 0 amide bonds. The van der Waals surface area contributed by atoms with E-state index in [-0.39, 0.29) is 0 Å². The first kappa shape index (κ1) is 14.2. The van der Waals surface area contributed by atoms with Gasteiger partial charge in [-0.25, -0.2) is 0 Å². The summed E-state index contributed by atoms with van der Waals surface area (Å²) < 4.78 is 0. The van der Waals surface area contributed by atoms with E-state index in [4.69, 9.17) is 18.0 Å². The fraction of sp³-hybridized carbons (Fsp3) is 0.571. The molecule has 4 nitrogen and oxygen atoms in total. The van der Waals surface area contributed by atoms with Gasteiger partial charge in [0.25, 0.3) is 0 Å². The maximum atomic E-state index is 5.78. The Bertz CT molecular complexity index is 439. The number of rotatable bonds is 4. The smallest absolute Gasteiger partial charge is 0.106 e. The van der Waals surface area contributed by atoms with E-state index < -0.39 is 0 Å². The predicted molar refractivity (Wildman–Crippen MR) is 83.6 cm³/mol. The molecule has 19 heavy (non-hydrogen) atoms. The number of hydrogen-bond acceptors (Lipinski definition) is 4. The monoisotopic (exact) mass is 278 g/mol. The molecule has 0 spiro atoms. The lowest BCUT2D eigenvalue weighted by Gasteiger charge is -2.37. The van der Waals surface area contributed by atoms with Crippen LogP contribution in [0.1, 0.15) is 19.4 Å². The molecule has 1 aromatic rings. The van der Waals surface area contributed by atoms with Crippen molar-refractivity contribution in [2.24, 2.45) is 11.7 Å². The van der Waals surface area contributed by atoms with E-state index in [0.717, 1.165) is 43.3 Å². The van der Waals surface area contributed by atoms with Crippen LogP contribution in [0.25, 0.3) is 0 Å². The maximum absolute atomic E-state index is 5.78. The zero-order chi connectivity index (χ0) is 13.8. The highest BCUT2D eigenvalue weighted by atomic mass is 32.1. The Balaban J connectivity index is 2.04. The highest BCUT2D eigenvalue weighted by Crippen LogP contribution is 2.20. The normalized spacial score (nSPS) is 16.9. The highest BCUT2D eigenvalue weighted by molar-refractivity contribution is 7.80. The molecular formula is C14H22N4S. The largest absolute Gasteiger partial charge is 0.389 e. The van der Waals surface area contributed by atoms with Gasteiger partial charge >= 0.3 is 0 Å². The van der Waals surface area contributed by atoms with Crippen molar-refractivity contribution in [2.75, 3.05) is 37.6 Å². The Labute approximate surface area is 120 Å². The van der Waals surface area contributed by atoms with E-state index in [2.05, 4.69) is 28.6 Å². The van der Waals surface area contributed by atoms with Crippen molar-refractivity contribution < 1.29 is 0 Å². The molecule has 1 aliphatic heterocycles. The van der Waals surface area contributed by atoms with Gasteiger partial charge in [0, 0.05) is 44.5 Å². The third-order valence-electron chi connectivity index (χ3n) is 3.40. The van der Waals surface area contributed by atoms with Crippen molar-refractivity contribution in [2.45, 2.75) is 13.8 Å². The molecule has 1 fully saturated rings. The molecular weight excluding hydrogens is 256 g/mol. The number of pyridine rings is 1. The van der Waals surface area contributed by atoms with Gasteiger partial charge in [-0.05, 0) is 12.0 Å². The Morgan fingerprint density at radius 2 is 2.05 bits per heavy atom. The Kier molecular flexibility index (Phi) is 4.71. The summed E-state index contributed by atoms with van der Waals surface area (Å²) in [5, 5.41) is 0. The molecule has 0 radical (unpaired) electrons. The van der Waals surface area contributed by atoms with Gasteiger partial charge in [0.05, 0.1) is 11.9 Å². The second-order valence-electron chi connectivity index (χ2n) is 5.44. The van der Waals surface area contributed by atoms with Gasteiger partial charge in [-0.15, -0.1) is 0 Å². The molecule has 0 atom stereocenters. The zero-order valence-corrected chi connectivity index (χ0v) is 12.5. The van der Waals surface area contributed by atoms with Gasteiger partial charge in [-0.1, -0.05) is 26.1 Å². The molecule has 0 bridgehead atoms. The number of anilines is 1. The number of hydrogen-bond donors (Lipinski definition) is 1. The predicted octanol–water partition coefficient (Wildman–Crippen LogP) is 1.49. The summed E-state index contributed by atoms with van der Waals surface area (Å²) in [7, 11) is 0. The van der Waals surface area contributed by atoms with Crippen LogP contribution in [0.3, 0.4) is 0 Å². The molecule has 0 unspecified atom stereocenters. The van der Waals surface area contributed by atoms with Crippen molar-refractivity contribution in [3.8, 4) is 0 Å². The molecule has 104 valence electrons. The van der Waals surface area contributed by atoms with Crippen LogP contribution in [0, 0.1) is 5.92 Å². The fourth-order valence-electron chi connectivity index (χ4n) is 2.53. The topological polar surface area (TPSA) is 45.4 Å².